The molecule has 0 spiro atoms. The molecule has 0 aliphatic heterocycles. The maximum Gasteiger partial charge on any atom is 0.333 e. The average molecular weight is 275 g/mol. The van der Waals surface area contributed by atoms with Gasteiger partial charge in [-0.1, -0.05) is 28.1 Å². The fourth-order valence-corrected chi connectivity index (χ4v) is 2.33. The first-order chi connectivity index (χ1) is 6.77. The number of allylic oxidation sites excluding steroid dienone is 1. The van der Waals surface area contributed by atoms with Crippen molar-refractivity contribution in [1.29, 1.82) is 0 Å². The largest absolute Gasteiger partial charge is 0.481 e. The third-order valence-electron chi connectivity index (χ3n) is 2.43. The zero-order valence-corrected chi connectivity index (χ0v) is 9.91. The highest BCUT2D eigenvalue weighted by Gasteiger charge is 2.37. The highest BCUT2D eigenvalue weighted by Crippen LogP contribution is 2.38. The van der Waals surface area contributed by atoms with Crippen LogP contribution in [-0.4, -0.2) is 26.5 Å². The lowest BCUT2D eigenvalue weighted by atomic mass is 9.83. The Hall–Kier alpha value is -1.10. The number of aliphatic carboxylic acids is 2. The predicted octanol–water partition coefficient (Wildman–Crippen LogP) is 1.81. The smallest absolute Gasteiger partial charge is 0.333 e. The molecule has 4 nitrogen and oxygen atoms in total. The van der Waals surface area contributed by atoms with Gasteiger partial charge in [0.1, 0.15) is 0 Å². The quantitative estimate of drug-likeness (QED) is 0.595. The van der Waals surface area contributed by atoms with Crippen molar-refractivity contribution in [3.8, 4) is 0 Å². The molecular weight excluding hydrogens is 264 g/mol. The molecule has 2 atom stereocenters. The topological polar surface area (TPSA) is 74.6 Å². The summed E-state index contributed by atoms with van der Waals surface area (Å²) in [6.45, 7) is 3.21. The van der Waals surface area contributed by atoms with E-state index < -0.39 is 22.2 Å². The van der Waals surface area contributed by atoms with Gasteiger partial charge in [-0.05, 0) is 19.4 Å². The number of carboxylic acids is 2. The van der Waals surface area contributed by atoms with Crippen LogP contribution in [0.25, 0.3) is 0 Å². The lowest BCUT2D eigenvalue weighted by Crippen LogP contribution is -2.31. The Balaban J connectivity index is 3.29. The molecule has 0 bridgehead atoms. The van der Waals surface area contributed by atoms with E-state index in [2.05, 4.69) is 15.9 Å². The highest BCUT2D eigenvalue weighted by atomic mass is 79.9. The number of alkyl halides is 1. The summed E-state index contributed by atoms with van der Waals surface area (Å²) in [5, 5.41) is 17.9. The van der Waals surface area contributed by atoms with Gasteiger partial charge < -0.3 is 10.2 Å². The molecule has 0 saturated carbocycles. The van der Waals surface area contributed by atoms with Crippen LogP contribution in [0.2, 0.25) is 0 Å². The molecule has 15 heavy (non-hydrogen) atoms. The normalized spacial score (nSPS) is 30.5. The molecule has 1 aliphatic rings. The van der Waals surface area contributed by atoms with E-state index in [4.69, 9.17) is 10.2 Å². The van der Waals surface area contributed by atoms with Crippen LogP contribution in [0.5, 0.6) is 0 Å². The third kappa shape index (κ3) is 2.12. The molecule has 0 saturated heterocycles. The standard InChI is InChI=1S/C10H11BrO4/c1-5-6(8(12)13)3-4-10(2,11)7(5)9(14)15/h3-4,6H,1-2H3,(H,12,13)(H,14,15). The Labute approximate surface area is 95.4 Å². The van der Waals surface area contributed by atoms with E-state index in [1.807, 2.05) is 0 Å². The zero-order valence-electron chi connectivity index (χ0n) is 8.32. The number of carboxylic acid groups (broad SMARTS) is 2. The van der Waals surface area contributed by atoms with Crippen molar-refractivity contribution >= 4 is 27.9 Å². The molecule has 1 aliphatic carbocycles. The van der Waals surface area contributed by atoms with Gasteiger partial charge in [-0.3, -0.25) is 4.79 Å². The molecule has 0 amide bonds. The summed E-state index contributed by atoms with van der Waals surface area (Å²) >= 11 is 3.26. The summed E-state index contributed by atoms with van der Waals surface area (Å²) in [7, 11) is 0. The van der Waals surface area contributed by atoms with Gasteiger partial charge in [-0.25, -0.2) is 4.79 Å². The van der Waals surface area contributed by atoms with E-state index in [1.165, 1.54) is 13.0 Å². The van der Waals surface area contributed by atoms with Crippen LogP contribution in [-0.2, 0) is 9.59 Å². The van der Waals surface area contributed by atoms with Crippen LogP contribution in [0.3, 0.4) is 0 Å². The lowest BCUT2D eigenvalue weighted by molar-refractivity contribution is -0.138. The molecule has 1 rings (SSSR count). The predicted molar refractivity (Wildman–Crippen MR) is 57.9 cm³/mol. The summed E-state index contributed by atoms with van der Waals surface area (Å²) in [4.78, 5) is 21.9. The maximum atomic E-state index is 11.0. The summed E-state index contributed by atoms with van der Waals surface area (Å²) in [6.07, 6.45) is 3.06. The van der Waals surface area contributed by atoms with Crippen molar-refractivity contribution in [2.45, 2.75) is 18.2 Å². The Morgan fingerprint density at radius 3 is 2.40 bits per heavy atom. The first-order valence-corrected chi connectivity index (χ1v) is 5.12. The molecule has 5 heteroatoms. The van der Waals surface area contributed by atoms with Gasteiger partial charge in [-0.15, -0.1) is 0 Å². The third-order valence-corrected chi connectivity index (χ3v) is 3.09. The van der Waals surface area contributed by atoms with Crippen molar-refractivity contribution < 1.29 is 19.8 Å². The molecule has 2 N–H and O–H groups in total. The van der Waals surface area contributed by atoms with Crippen molar-refractivity contribution in [2.24, 2.45) is 5.92 Å². The first-order valence-electron chi connectivity index (χ1n) is 4.33. The number of hydrogen-bond acceptors (Lipinski definition) is 2. The fourth-order valence-electron chi connectivity index (χ4n) is 1.69. The summed E-state index contributed by atoms with van der Waals surface area (Å²) < 4.78 is -0.797. The zero-order chi connectivity index (χ0) is 11.8. The van der Waals surface area contributed by atoms with Crippen LogP contribution in [0.4, 0.5) is 0 Å². The maximum absolute atomic E-state index is 11.0. The second-order valence-corrected chi connectivity index (χ2v) is 5.26. The number of carbonyl (C=O) groups is 2. The first kappa shape index (κ1) is 12.0. The van der Waals surface area contributed by atoms with Gasteiger partial charge in [0.05, 0.1) is 15.8 Å². The van der Waals surface area contributed by atoms with E-state index in [0.29, 0.717) is 5.57 Å². The second kappa shape index (κ2) is 3.81. The molecular formula is C10H11BrO4. The van der Waals surface area contributed by atoms with Gasteiger partial charge >= 0.3 is 11.9 Å². The molecule has 0 heterocycles. The fraction of sp³-hybridized carbons (Fsp3) is 0.400. The Morgan fingerprint density at radius 1 is 1.47 bits per heavy atom. The van der Waals surface area contributed by atoms with Crippen LogP contribution in [0.1, 0.15) is 13.8 Å². The lowest BCUT2D eigenvalue weighted by Gasteiger charge is -2.28. The average Bonchev–Trinajstić information content (AvgIpc) is 2.00. The van der Waals surface area contributed by atoms with Gasteiger partial charge in [0.15, 0.2) is 0 Å². The number of rotatable bonds is 2. The van der Waals surface area contributed by atoms with Crippen LogP contribution in [0, 0.1) is 5.92 Å². The van der Waals surface area contributed by atoms with Gasteiger partial charge in [0, 0.05) is 0 Å². The van der Waals surface area contributed by atoms with Gasteiger partial charge in [-0.2, -0.15) is 0 Å². The molecule has 0 radical (unpaired) electrons. The van der Waals surface area contributed by atoms with Crippen molar-refractivity contribution in [2.75, 3.05) is 0 Å². The van der Waals surface area contributed by atoms with E-state index >= 15 is 0 Å². The molecule has 0 aromatic rings. The highest BCUT2D eigenvalue weighted by molar-refractivity contribution is 9.10. The molecule has 82 valence electrons. The summed E-state index contributed by atoms with van der Waals surface area (Å²) in [5.74, 6) is -2.98. The van der Waals surface area contributed by atoms with Gasteiger partial charge in [0.2, 0.25) is 0 Å². The van der Waals surface area contributed by atoms with Crippen LogP contribution < -0.4 is 0 Å². The van der Waals surface area contributed by atoms with Crippen LogP contribution >= 0.6 is 15.9 Å². The molecule has 0 aromatic carbocycles. The van der Waals surface area contributed by atoms with Gasteiger partial charge in [0.25, 0.3) is 0 Å². The molecule has 2 unspecified atom stereocenters. The second-order valence-electron chi connectivity index (χ2n) is 3.61. The van der Waals surface area contributed by atoms with E-state index in [9.17, 15) is 9.59 Å². The van der Waals surface area contributed by atoms with E-state index in [-0.39, 0.29) is 5.57 Å². The Bertz CT molecular complexity index is 379. The Kier molecular flexibility index (Phi) is 3.04. The van der Waals surface area contributed by atoms with Crippen molar-refractivity contribution in [3.05, 3.63) is 23.3 Å². The minimum Gasteiger partial charge on any atom is -0.481 e. The minimum absolute atomic E-state index is 0.0948. The minimum atomic E-state index is -1.09. The van der Waals surface area contributed by atoms with Crippen molar-refractivity contribution in [1.82, 2.24) is 0 Å². The SMILES string of the molecule is CC1=C(C(=O)O)C(C)(Br)C=CC1C(=O)O. The Morgan fingerprint density at radius 2 is 2.00 bits per heavy atom. The van der Waals surface area contributed by atoms with E-state index in [1.54, 1.807) is 13.0 Å². The number of halogens is 1. The summed E-state index contributed by atoms with van der Waals surface area (Å²) in [6, 6.07) is 0. The number of hydrogen-bond donors (Lipinski definition) is 2. The van der Waals surface area contributed by atoms with Crippen molar-refractivity contribution in [3.63, 3.8) is 0 Å². The van der Waals surface area contributed by atoms with E-state index in [0.717, 1.165) is 0 Å². The monoisotopic (exact) mass is 274 g/mol. The molecule has 0 fully saturated rings. The van der Waals surface area contributed by atoms with Crippen LogP contribution in [0.15, 0.2) is 23.3 Å². The molecule has 0 aromatic heterocycles. The summed E-state index contributed by atoms with van der Waals surface area (Å²) in [5.41, 5.74) is 0.453.